The maximum atomic E-state index is 8.00. The zero-order chi connectivity index (χ0) is 8.12. The zero-order valence-corrected chi connectivity index (χ0v) is 6.66. The first kappa shape index (κ1) is 32.9. The summed E-state index contributed by atoms with van der Waals surface area (Å²) in [6.07, 6.45) is 0. The molecule has 0 heterocycles. The first-order chi connectivity index (χ1) is 4.24. The van der Waals surface area contributed by atoms with Gasteiger partial charge in [0.2, 0.25) is 0 Å². The topological polar surface area (TPSA) is 194 Å². The largest absolute Gasteiger partial charge is 2.00 e. The van der Waals surface area contributed by atoms with Crippen molar-refractivity contribution in [1.29, 1.82) is 0 Å². The second kappa shape index (κ2) is 163. The van der Waals surface area contributed by atoms with E-state index < -0.39 is 0 Å². The molecule has 0 aromatic heterocycles. The van der Waals surface area contributed by atoms with Crippen molar-refractivity contribution < 1.29 is 20.4 Å². The Morgan fingerprint density at radius 3 is 0.727 bits per heavy atom. The van der Waals surface area contributed by atoms with Gasteiger partial charge in [-0.2, -0.15) is 0 Å². The molecule has 0 aromatic rings. The van der Waals surface area contributed by atoms with Crippen molar-refractivity contribution in [1.82, 2.24) is 6.15 Å². The van der Waals surface area contributed by atoms with Gasteiger partial charge in [0.05, 0.1) is 0 Å². The predicted octanol–water partition coefficient (Wildman–Crippen LogP) is 1.13. The smallest absolute Gasteiger partial charge is 0.444 e. The Labute approximate surface area is 73.6 Å². The van der Waals surface area contributed by atoms with Crippen LogP contribution in [0.15, 0.2) is 16.0 Å². The van der Waals surface area contributed by atoms with Crippen molar-refractivity contribution in [2.75, 3.05) is 0 Å². The SMILES string of the molecule is O=N[O-].O=N[O-].O=N[O-].[NH4+].[Pd+2]. The van der Waals surface area contributed by atoms with Crippen LogP contribution >= 0.6 is 0 Å². The Morgan fingerprint density at radius 1 is 0.727 bits per heavy atom. The minimum absolute atomic E-state index is 0. The van der Waals surface area contributed by atoms with Gasteiger partial charge in [0.15, 0.2) is 0 Å². The molecule has 0 atom stereocenters. The van der Waals surface area contributed by atoms with E-state index in [-0.39, 0.29) is 26.6 Å². The standard InChI is InChI=1S/3HNO2.H3N.Pd/c3*2-1-3;;/h3*(H,2,3);1H3;/q;;;;+2/p-2. The number of hydrogen-bond donors (Lipinski definition) is 1. The third kappa shape index (κ3) is 296. The van der Waals surface area contributed by atoms with E-state index in [2.05, 4.69) is 0 Å². The average molecular weight is 262 g/mol. The predicted molar refractivity (Wildman–Crippen MR) is 33.5 cm³/mol. The van der Waals surface area contributed by atoms with Crippen molar-refractivity contribution >= 4 is 0 Å². The summed E-state index contributed by atoms with van der Waals surface area (Å²) in [4.78, 5) is 24.0. The van der Waals surface area contributed by atoms with E-state index in [1.165, 1.54) is 0 Å². The van der Waals surface area contributed by atoms with Crippen LogP contribution in [0.1, 0.15) is 0 Å². The number of rotatable bonds is 0. The summed E-state index contributed by atoms with van der Waals surface area (Å²) in [7, 11) is 0. The third-order valence-electron chi connectivity index (χ3n) is 0. The molecule has 0 saturated carbocycles. The molecule has 0 bridgehead atoms. The van der Waals surface area contributed by atoms with Crippen molar-refractivity contribution in [3.63, 3.8) is 0 Å². The Kier molecular flexibility index (Phi) is 486. The Balaban J connectivity index is -0.0000000150. The molecule has 0 spiro atoms. The van der Waals surface area contributed by atoms with Crippen LogP contribution in [0.4, 0.5) is 0 Å². The van der Waals surface area contributed by atoms with Crippen LogP contribution in [0.5, 0.6) is 0 Å². The number of nitrogens with zero attached hydrogens (tertiary/aromatic N) is 3. The molecule has 0 rings (SSSR count). The van der Waals surface area contributed by atoms with Crippen LogP contribution in [0.2, 0.25) is 0 Å². The maximum absolute atomic E-state index is 8.00. The van der Waals surface area contributed by atoms with Crippen molar-refractivity contribution in [3.05, 3.63) is 30.3 Å². The first-order valence-corrected chi connectivity index (χ1v) is 1.10. The molecule has 4 N–H and O–H groups in total. The minimum Gasteiger partial charge on any atom is -0.444 e. The molecule has 0 aliphatic rings. The molecule has 11 heavy (non-hydrogen) atoms. The molecular weight excluding hydrogens is 258 g/mol. The summed E-state index contributed by atoms with van der Waals surface area (Å²) in [6.45, 7) is 0. The van der Waals surface area contributed by atoms with E-state index in [1.54, 1.807) is 0 Å². The number of quaternary nitrogens is 1. The van der Waals surface area contributed by atoms with Crippen molar-refractivity contribution in [2.24, 2.45) is 16.0 Å². The van der Waals surface area contributed by atoms with Gasteiger partial charge in [-0.1, -0.05) is 0 Å². The van der Waals surface area contributed by atoms with E-state index in [9.17, 15) is 0 Å². The average Bonchev–Trinajstić information content (AvgIpc) is 1.70. The number of hydrogen-bond acceptors (Lipinski definition) is 9. The molecular formula is H4N4O6Pd. The monoisotopic (exact) mass is 262 g/mol. The molecule has 0 aliphatic heterocycles. The Hall–Kier alpha value is -1.18. The van der Waals surface area contributed by atoms with Gasteiger partial charge in [0.25, 0.3) is 0 Å². The minimum atomic E-state index is 0. The van der Waals surface area contributed by atoms with Crippen molar-refractivity contribution in [3.8, 4) is 0 Å². The molecule has 0 radical (unpaired) electrons. The quantitative estimate of drug-likeness (QED) is 0.385. The van der Waals surface area contributed by atoms with Gasteiger partial charge in [-0.05, 0) is 0 Å². The van der Waals surface area contributed by atoms with Crippen LogP contribution in [-0.4, -0.2) is 0 Å². The van der Waals surface area contributed by atoms with Gasteiger partial charge in [-0.3, -0.25) is 0 Å². The van der Waals surface area contributed by atoms with Crippen LogP contribution in [0.3, 0.4) is 0 Å². The fraction of sp³-hybridized carbons (Fsp3) is 0. The first-order valence-electron chi connectivity index (χ1n) is 1.10. The molecule has 0 fully saturated rings. The molecule has 0 aromatic carbocycles. The molecule has 0 unspecified atom stereocenters. The Bertz CT molecular complexity index is 51.3. The maximum Gasteiger partial charge on any atom is 2.00 e. The summed E-state index contributed by atoms with van der Waals surface area (Å²) >= 11 is 0. The van der Waals surface area contributed by atoms with E-state index >= 15 is 0 Å². The molecule has 11 heteroatoms. The molecule has 10 nitrogen and oxygen atoms in total. The third-order valence-corrected chi connectivity index (χ3v) is 0. The summed E-state index contributed by atoms with van der Waals surface area (Å²) in [6, 6.07) is 0. The van der Waals surface area contributed by atoms with Gasteiger partial charge in [-0.15, -0.1) is 16.0 Å². The summed E-state index contributed by atoms with van der Waals surface area (Å²) < 4.78 is 0. The summed E-state index contributed by atoms with van der Waals surface area (Å²) in [5.74, 6) is 0. The Morgan fingerprint density at radius 2 is 0.727 bits per heavy atom. The normalized spacial score (nSPS) is 3.27. The second-order valence-electron chi connectivity index (χ2n) is 0.224. The zero-order valence-electron chi connectivity index (χ0n) is 5.11. The molecule has 70 valence electrons. The summed E-state index contributed by atoms with van der Waals surface area (Å²) in [5, 5.41) is 27.0. The van der Waals surface area contributed by atoms with Crippen LogP contribution in [0.25, 0.3) is 0 Å². The van der Waals surface area contributed by atoms with E-state index in [0.717, 1.165) is 16.0 Å². The van der Waals surface area contributed by atoms with Crippen LogP contribution in [-0.2, 0) is 20.4 Å². The van der Waals surface area contributed by atoms with Gasteiger partial charge in [-0.25, -0.2) is 0 Å². The van der Waals surface area contributed by atoms with Crippen LogP contribution in [0, 0.1) is 30.3 Å². The van der Waals surface area contributed by atoms with Gasteiger partial charge in [0.1, 0.15) is 0 Å². The van der Waals surface area contributed by atoms with Gasteiger partial charge >= 0.3 is 20.4 Å². The molecule has 0 amide bonds. The fourth-order valence-corrected chi connectivity index (χ4v) is 0. The van der Waals surface area contributed by atoms with Crippen LogP contribution < -0.4 is 6.15 Å². The van der Waals surface area contributed by atoms with E-state index in [4.69, 9.17) is 30.3 Å². The summed E-state index contributed by atoms with van der Waals surface area (Å²) in [5.41, 5.74) is 0. The van der Waals surface area contributed by atoms with E-state index in [1.807, 2.05) is 0 Å². The van der Waals surface area contributed by atoms with E-state index in [0.29, 0.717) is 0 Å². The second-order valence-corrected chi connectivity index (χ2v) is 0.224. The van der Waals surface area contributed by atoms with Crippen molar-refractivity contribution in [2.45, 2.75) is 0 Å². The molecule has 0 aliphatic carbocycles. The fourth-order valence-electron chi connectivity index (χ4n) is 0. The van der Waals surface area contributed by atoms with Gasteiger partial charge < -0.3 is 36.5 Å². The van der Waals surface area contributed by atoms with Gasteiger partial charge in [0, 0.05) is 0 Å². The molecule has 0 saturated heterocycles.